The number of hydrogen-bond acceptors (Lipinski definition) is 1. The van der Waals surface area contributed by atoms with Gasteiger partial charge in [0.15, 0.2) is 0 Å². The summed E-state index contributed by atoms with van der Waals surface area (Å²) in [5.41, 5.74) is 9.21. The molecule has 1 atom stereocenters. The molecule has 1 heteroatoms. The highest BCUT2D eigenvalue weighted by Crippen LogP contribution is 2.37. The average Bonchev–Trinajstić information content (AvgIpc) is 2.88. The first-order valence-corrected chi connectivity index (χ1v) is 8.18. The maximum absolute atomic E-state index is 6.35. The Kier molecular flexibility index (Phi) is 4.22. The van der Waals surface area contributed by atoms with Crippen LogP contribution in [0, 0.1) is 5.92 Å². The first-order chi connectivity index (χ1) is 9.33. The molecule has 1 aromatic carbocycles. The fraction of sp³-hybridized carbons (Fsp3) is 0.667. The third-order valence-corrected chi connectivity index (χ3v) is 5.30. The molecule has 0 radical (unpaired) electrons. The van der Waals surface area contributed by atoms with Gasteiger partial charge in [0.05, 0.1) is 0 Å². The van der Waals surface area contributed by atoms with Crippen LogP contribution in [0.15, 0.2) is 24.3 Å². The van der Waals surface area contributed by atoms with E-state index in [0.717, 1.165) is 18.3 Å². The summed E-state index contributed by atoms with van der Waals surface area (Å²) < 4.78 is 0. The lowest BCUT2D eigenvalue weighted by Gasteiger charge is -2.26. The molecule has 0 aromatic heterocycles. The summed E-state index contributed by atoms with van der Waals surface area (Å²) in [4.78, 5) is 0. The highest BCUT2D eigenvalue weighted by molar-refractivity contribution is 5.28. The van der Waals surface area contributed by atoms with Gasteiger partial charge in [0.25, 0.3) is 0 Å². The van der Waals surface area contributed by atoms with E-state index in [1.54, 1.807) is 0 Å². The van der Waals surface area contributed by atoms with Crippen LogP contribution in [0.4, 0.5) is 0 Å². The van der Waals surface area contributed by atoms with Gasteiger partial charge in [-0.1, -0.05) is 56.4 Å². The topological polar surface area (TPSA) is 26.0 Å². The van der Waals surface area contributed by atoms with Crippen LogP contribution >= 0.6 is 0 Å². The highest BCUT2D eigenvalue weighted by Gasteiger charge is 2.20. The fourth-order valence-corrected chi connectivity index (χ4v) is 3.64. The second kappa shape index (κ2) is 6.09. The third kappa shape index (κ3) is 3.20. The highest BCUT2D eigenvalue weighted by atomic mass is 14.6. The van der Waals surface area contributed by atoms with Gasteiger partial charge in [0, 0.05) is 6.04 Å². The molecule has 1 nitrogen and oxygen atoms in total. The first kappa shape index (κ1) is 13.2. The average molecular weight is 257 g/mol. The number of hydrogen-bond donors (Lipinski definition) is 1. The maximum atomic E-state index is 6.35. The summed E-state index contributed by atoms with van der Waals surface area (Å²) in [6.07, 6.45) is 12.4. The van der Waals surface area contributed by atoms with Crippen molar-refractivity contribution in [3.05, 3.63) is 35.4 Å². The van der Waals surface area contributed by atoms with Crippen molar-refractivity contribution in [2.45, 2.75) is 69.7 Å². The summed E-state index contributed by atoms with van der Waals surface area (Å²) in [6.45, 7) is 0. The normalized spacial score (nSPS) is 22.4. The van der Waals surface area contributed by atoms with Gasteiger partial charge in [-0.15, -0.1) is 0 Å². The van der Waals surface area contributed by atoms with Crippen LogP contribution in [0.25, 0.3) is 0 Å². The van der Waals surface area contributed by atoms with E-state index in [9.17, 15) is 0 Å². The van der Waals surface area contributed by atoms with E-state index in [0.29, 0.717) is 0 Å². The van der Waals surface area contributed by atoms with Crippen LogP contribution < -0.4 is 5.73 Å². The SMILES string of the molecule is NC(CCC1CCCC1)c1ccc(C2CCC2)cc1. The van der Waals surface area contributed by atoms with E-state index < -0.39 is 0 Å². The molecule has 0 aliphatic heterocycles. The largest absolute Gasteiger partial charge is 0.324 e. The summed E-state index contributed by atoms with van der Waals surface area (Å²) in [6, 6.07) is 9.42. The lowest BCUT2D eigenvalue weighted by Crippen LogP contribution is -2.13. The van der Waals surface area contributed by atoms with Gasteiger partial charge < -0.3 is 5.73 Å². The molecule has 0 saturated heterocycles. The van der Waals surface area contributed by atoms with E-state index in [4.69, 9.17) is 5.73 Å². The molecule has 2 aliphatic rings. The zero-order valence-electron chi connectivity index (χ0n) is 12.0. The molecule has 0 bridgehead atoms. The van der Waals surface area contributed by atoms with Crippen molar-refractivity contribution in [2.75, 3.05) is 0 Å². The van der Waals surface area contributed by atoms with Gasteiger partial charge in [0.2, 0.25) is 0 Å². The molecular weight excluding hydrogens is 230 g/mol. The standard InChI is InChI=1S/C18H27N/c19-18(13-8-14-4-1-2-5-14)17-11-9-16(10-12-17)15-6-3-7-15/h9-12,14-15,18H,1-8,13,19H2. The Morgan fingerprint density at radius 1 is 0.947 bits per heavy atom. The Hall–Kier alpha value is -0.820. The predicted octanol–water partition coefficient (Wildman–Crippen LogP) is 4.92. The van der Waals surface area contributed by atoms with Crippen LogP contribution in [0.2, 0.25) is 0 Å². The van der Waals surface area contributed by atoms with E-state index in [1.165, 1.54) is 62.5 Å². The minimum atomic E-state index is 0.246. The van der Waals surface area contributed by atoms with Crippen LogP contribution in [-0.2, 0) is 0 Å². The van der Waals surface area contributed by atoms with Gasteiger partial charge in [-0.3, -0.25) is 0 Å². The Balaban J connectivity index is 1.52. The maximum Gasteiger partial charge on any atom is 0.0294 e. The molecule has 2 aliphatic carbocycles. The zero-order chi connectivity index (χ0) is 13.1. The summed E-state index contributed by atoms with van der Waals surface area (Å²) in [5.74, 6) is 1.80. The van der Waals surface area contributed by atoms with Gasteiger partial charge in [0.1, 0.15) is 0 Å². The summed E-state index contributed by atoms with van der Waals surface area (Å²) >= 11 is 0. The summed E-state index contributed by atoms with van der Waals surface area (Å²) in [7, 11) is 0. The van der Waals surface area contributed by atoms with E-state index >= 15 is 0 Å². The lowest BCUT2D eigenvalue weighted by molar-refractivity contribution is 0.419. The van der Waals surface area contributed by atoms with Crippen molar-refractivity contribution in [1.29, 1.82) is 0 Å². The van der Waals surface area contributed by atoms with Gasteiger partial charge in [-0.25, -0.2) is 0 Å². The van der Waals surface area contributed by atoms with Gasteiger partial charge in [-0.2, -0.15) is 0 Å². The summed E-state index contributed by atoms with van der Waals surface area (Å²) in [5, 5.41) is 0. The number of rotatable bonds is 5. The first-order valence-electron chi connectivity index (χ1n) is 8.18. The monoisotopic (exact) mass is 257 g/mol. The second-order valence-electron chi connectivity index (χ2n) is 6.63. The Labute approximate surface area is 117 Å². The molecule has 0 amide bonds. The van der Waals surface area contributed by atoms with Crippen LogP contribution in [0.3, 0.4) is 0 Å². The Morgan fingerprint density at radius 3 is 2.21 bits per heavy atom. The predicted molar refractivity (Wildman–Crippen MR) is 81.2 cm³/mol. The molecule has 19 heavy (non-hydrogen) atoms. The Bertz CT molecular complexity index is 385. The molecule has 1 aromatic rings. The van der Waals surface area contributed by atoms with E-state index in [-0.39, 0.29) is 6.04 Å². The van der Waals surface area contributed by atoms with Crippen molar-refractivity contribution in [1.82, 2.24) is 0 Å². The fourth-order valence-electron chi connectivity index (χ4n) is 3.64. The minimum Gasteiger partial charge on any atom is -0.324 e. The minimum absolute atomic E-state index is 0.246. The molecule has 1 unspecified atom stereocenters. The molecule has 104 valence electrons. The van der Waals surface area contributed by atoms with Gasteiger partial charge in [-0.05, 0) is 48.6 Å². The van der Waals surface area contributed by atoms with Crippen molar-refractivity contribution in [3.8, 4) is 0 Å². The molecule has 0 heterocycles. The Morgan fingerprint density at radius 2 is 1.63 bits per heavy atom. The molecule has 2 saturated carbocycles. The number of benzene rings is 1. The van der Waals surface area contributed by atoms with Crippen LogP contribution in [0.1, 0.15) is 80.9 Å². The van der Waals surface area contributed by atoms with Crippen molar-refractivity contribution in [2.24, 2.45) is 11.7 Å². The van der Waals surface area contributed by atoms with E-state index in [2.05, 4.69) is 24.3 Å². The van der Waals surface area contributed by atoms with Crippen molar-refractivity contribution >= 4 is 0 Å². The molecule has 3 rings (SSSR count). The van der Waals surface area contributed by atoms with Crippen LogP contribution in [-0.4, -0.2) is 0 Å². The molecule has 0 spiro atoms. The smallest absolute Gasteiger partial charge is 0.0294 e. The van der Waals surface area contributed by atoms with E-state index in [1.807, 2.05) is 0 Å². The van der Waals surface area contributed by atoms with Crippen LogP contribution in [0.5, 0.6) is 0 Å². The second-order valence-corrected chi connectivity index (χ2v) is 6.63. The lowest BCUT2D eigenvalue weighted by atomic mass is 9.79. The third-order valence-electron chi connectivity index (χ3n) is 5.30. The molecular formula is C18H27N. The molecule has 2 N–H and O–H groups in total. The van der Waals surface area contributed by atoms with Crippen molar-refractivity contribution < 1.29 is 0 Å². The number of nitrogens with two attached hydrogens (primary N) is 1. The van der Waals surface area contributed by atoms with Gasteiger partial charge >= 0.3 is 0 Å². The zero-order valence-corrected chi connectivity index (χ0v) is 12.0. The van der Waals surface area contributed by atoms with Crippen molar-refractivity contribution in [3.63, 3.8) is 0 Å². The molecule has 2 fully saturated rings. The quantitative estimate of drug-likeness (QED) is 0.795.